The van der Waals surface area contributed by atoms with Crippen molar-refractivity contribution in [3.8, 4) is 6.07 Å². The number of aliphatic carboxylic acids is 1. The van der Waals surface area contributed by atoms with Crippen LogP contribution in [0.2, 0.25) is 0 Å². The van der Waals surface area contributed by atoms with Crippen LogP contribution in [0, 0.1) is 11.3 Å². The maximum Gasteiger partial charge on any atom is 0.345 e. The molecule has 0 unspecified atom stereocenters. The molecule has 0 rings (SSSR count). The summed E-state index contributed by atoms with van der Waals surface area (Å²) < 4.78 is 4.60. The van der Waals surface area contributed by atoms with E-state index in [2.05, 4.69) is 23.2 Å². The number of hydrogen-bond acceptors (Lipinski definition) is 4. The lowest BCUT2D eigenvalue weighted by atomic mass is 10.4. The van der Waals surface area contributed by atoms with Crippen LogP contribution in [0.4, 0.5) is 0 Å². The molecule has 15 heavy (non-hydrogen) atoms. The van der Waals surface area contributed by atoms with Crippen LogP contribution in [0.3, 0.4) is 0 Å². The second-order valence-corrected chi connectivity index (χ2v) is 2.02. The first-order valence-corrected chi connectivity index (χ1v) is 4.14. The zero-order valence-electron chi connectivity index (χ0n) is 9.41. The lowest BCUT2D eigenvalue weighted by Crippen LogP contribution is -1.94. The molecule has 0 fully saturated rings. The molecule has 2 N–H and O–H groups in total. The van der Waals surface area contributed by atoms with Crippen molar-refractivity contribution in [1.82, 2.24) is 5.32 Å². The predicted molar refractivity (Wildman–Crippen MR) is 59.2 cm³/mol. The van der Waals surface area contributed by atoms with Gasteiger partial charge in [-0.2, -0.15) is 5.26 Å². The molecule has 0 aliphatic heterocycles. The van der Waals surface area contributed by atoms with Gasteiger partial charge in [-0.3, -0.25) is 0 Å². The molecule has 0 bridgehead atoms. The largest absolute Gasteiger partial charge is 0.502 e. The van der Waals surface area contributed by atoms with E-state index in [1.54, 1.807) is 0 Å². The van der Waals surface area contributed by atoms with E-state index in [1.807, 2.05) is 21.0 Å². The fourth-order valence-corrected chi connectivity index (χ4v) is 0.166. The minimum absolute atomic E-state index is 0.431. The standard InChI is InChI=1S/C4H3NO2.C4H8O.C2H7N/c1-3(2-5)4(6)7;1-3-5-4-2;1-3-2/h1H2,(H,6,7);3H,1,4H2,2H3;3H,1-2H3. The smallest absolute Gasteiger partial charge is 0.345 e. The highest BCUT2D eigenvalue weighted by Gasteiger charge is 1.97. The topological polar surface area (TPSA) is 82.4 Å². The lowest BCUT2D eigenvalue weighted by molar-refractivity contribution is -0.132. The van der Waals surface area contributed by atoms with Crippen LogP contribution in [0.15, 0.2) is 25.0 Å². The maximum absolute atomic E-state index is 9.61. The Kier molecular flexibility index (Phi) is 22.8. The maximum atomic E-state index is 9.61. The highest BCUT2D eigenvalue weighted by Crippen LogP contribution is 1.81. The SMILES string of the molecule is C=C(C#N)C(=O)O.C=COCC.CNC. The average molecular weight is 214 g/mol. The quantitative estimate of drug-likeness (QED) is 0.418. The van der Waals surface area contributed by atoms with Crippen LogP contribution < -0.4 is 5.32 Å². The van der Waals surface area contributed by atoms with Crippen molar-refractivity contribution in [3.05, 3.63) is 25.0 Å². The van der Waals surface area contributed by atoms with Crippen molar-refractivity contribution in [2.24, 2.45) is 0 Å². The molecule has 5 heteroatoms. The van der Waals surface area contributed by atoms with E-state index in [1.165, 1.54) is 12.3 Å². The normalized spacial score (nSPS) is 6.53. The number of nitriles is 1. The Bertz CT molecular complexity index is 219. The van der Waals surface area contributed by atoms with Gasteiger partial charge in [0.05, 0.1) is 12.9 Å². The molecule has 0 radical (unpaired) electrons. The number of nitrogens with one attached hydrogen (secondary N) is 1. The first-order chi connectivity index (χ1) is 7.01. The molecule has 86 valence electrons. The molecule has 0 aliphatic carbocycles. The third kappa shape index (κ3) is 33.0. The van der Waals surface area contributed by atoms with Gasteiger partial charge in [0.15, 0.2) is 0 Å². The molecular weight excluding hydrogens is 196 g/mol. The Morgan fingerprint density at radius 3 is 2.07 bits per heavy atom. The van der Waals surface area contributed by atoms with E-state index in [-0.39, 0.29) is 0 Å². The zero-order chi connectivity index (χ0) is 12.7. The molecule has 0 aromatic heterocycles. The van der Waals surface area contributed by atoms with Gasteiger partial charge in [0.25, 0.3) is 0 Å². The second-order valence-electron chi connectivity index (χ2n) is 2.02. The number of rotatable bonds is 3. The fraction of sp³-hybridized carbons (Fsp3) is 0.400. The first-order valence-electron chi connectivity index (χ1n) is 4.14. The lowest BCUT2D eigenvalue weighted by Gasteiger charge is -1.84. The van der Waals surface area contributed by atoms with Crippen LogP contribution >= 0.6 is 0 Å². The van der Waals surface area contributed by atoms with E-state index in [9.17, 15) is 4.79 Å². The van der Waals surface area contributed by atoms with Crippen molar-refractivity contribution in [2.75, 3.05) is 20.7 Å². The van der Waals surface area contributed by atoms with Gasteiger partial charge >= 0.3 is 5.97 Å². The van der Waals surface area contributed by atoms with Gasteiger partial charge in [-0.1, -0.05) is 13.2 Å². The summed E-state index contributed by atoms with van der Waals surface area (Å²) in [6.07, 6.45) is 1.43. The van der Waals surface area contributed by atoms with Crippen LogP contribution in [-0.4, -0.2) is 31.8 Å². The van der Waals surface area contributed by atoms with Crippen LogP contribution in [0.25, 0.3) is 0 Å². The highest BCUT2D eigenvalue weighted by molar-refractivity contribution is 5.90. The minimum Gasteiger partial charge on any atom is -0.502 e. The monoisotopic (exact) mass is 214 g/mol. The molecular formula is C10H18N2O3. The molecule has 0 saturated carbocycles. The molecule has 0 spiro atoms. The van der Waals surface area contributed by atoms with Gasteiger partial charge in [-0.05, 0) is 21.0 Å². The molecule has 0 aromatic rings. The Hall–Kier alpha value is -1.80. The summed E-state index contributed by atoms with van der Waals surface area (Å²) in [5.74, 6) is -1.26. The number of carboxylic acid groups (broad SMARTS) is 1. The predicted octanol–water partition coefficient (Wildman–Crippen LogP) is 1.15. The van der Waals surface area contributed by atoms with Gasteiger partial charge < -0.3 is 15.2 Å². The van der Waals surface area contributed by atoms with Crippen LogP contribution in [0.5, 0.6) is 0 Å². The number of carboxylic acids is 1. The van der Waals surface area contributed by atoms with E-state index in [4.69, 9.17) is 10.4 Å². The van der Waals surface area contributed by atoms with Crippen molar-refractivity contribution in [1.29, 1.82) is 5.26 Å². The Balaban J connectivity index is -0.000000158. The Labute approximate surface area is 90.7 Å². The van der Waals surface area contributed by atoms with E-state index in [0.29, 0.717) is 0 Å². The third-order valence-corrected chi connectivity index (χ3v) is 0.678. The van der Waals surface area contributed by atoms with E-state index >= 15 is 0 Å². The van der Waals surface area contributed by atoms with Crippen LogP contribution in [0.1, 0.15) is 6.92 Å². The van der Waals surface area contributed by atoms with Gasteiger partial charge in [0, 0.05) is 0 Å². The molecule has 0 amide bonds. The van der Waals surface area contributed by atoms with Crippen LogP contribution in [-0.2, 0) is 9.53 Å². The van der Waals surface area contributed by atoms with Gasteiger partial charge in [0.2, 0.25) is 0 Å². The van der Waals surface area contributed by atoms with Gasteiger partial charge in [-0.25, -0.2) is 4.79 Å². The first kappa shape index (κ1) is 18.9. The molecule has 0 aliphatic rings. The number of nitrogens with zero attached hydrogens (tertiary/aromatic N) is 1. The summed E-state index contributed by atoms with van der Waals surface area (Å²) in [6, 6.07) is 1.37. The van der Waals surface area contributed by atoms with Crippen molar-refractivity contribution < 1.29 is 14.6 Å². The summed E-state index contributed by atoms with van der Waals surface area (Å²) in [5, 5.41) is 18.4. The average Bonchev–Trinajstić information content (AvgIpc) is 2.20. The summed E-state index contributed by atoms with van der Waals surface area (Å²) in [4.78, 5) is 9.61. The molecule has 0 aromatic carbocycles. The number of carbonyl (C=O) groups is 1. The zero-order valence-corrected chi connectivity index (χ0v) is 9.41. The Morgan fingerprint density at radius 1 is 1.67 bits per heavy atom. The third-order valence-electron chi connectivity index (χ3n) is 0.678. The highest BCUT2D eigenvalue weighted by atomic mass is 16.5. The number of hydrogen-bond donors (Lipinski definition) is 2. The summed E-state index contributed by atoms with van der Waals surface area (Å²) in [7, 11) is 3.75. The second kappa shape index (κ2) is 18.1. The molecule has 5 nitrogen and oxygen atoms in total. The summed E-state index contributed by atoms with van der Waals surface area (Å²) in [6.45, 7) is 8.88. The molecule has 0 heterocycles. The molecule has 0 saturated heterocycles. The fourth-order valence-electron chi connectivity index (χ4n) is 0.166. The van der Waals surface area contributed by atoms with E-state index in [0.717, 1.165) is 6.61 Å². The Morgan fingerprint density at radius 2 is 2.07 bits per heavy atom. The number of ether oxygens (including phenoxy) is 1. The van der Waals surface area contributed by atoms with Gasteiger partial charge in [-0.15, -0.1) is 0 Å². The van der Waals surface area contributed by atoms with Crippen molar-refractivity contribution >= 4 is 5.97 Å². The molecule has 0 atom stereocenters. The summed E-state index contributed by atoms with van der Waals surface area (Å²) in [5.41, 5.74) is -0.431. The van der Waals surface area contributed by atoms with Crippen molar-refractivity contribution in [2.45, 2.75) is 6.92 Å². The van der Waals surface area contributed by atoms with E-state index < -0.39 is 11.5 Å². The van der Waals surface area contributed by atoms with Gasteiger partial charge in [0.1, 0.15) is 11.6 Å². The summed E-state index contributed by atoms with van der Waals surface area (Å²) >= 11 is 0. The van der Waals surface area contributed by atoms with Crippen molar-refractivity contribution in [3.63, 3.8) is 0 Å². The minimum atomic E-state index is -1.26.